The summed E-state index contributed by atoms with van der Waals surface area (Å²) in [5.41, 5.74) is 4.77. The second kappa shape index (κ2) is 8.35. The topological polar surface area (TPSA) is 15.6 Å². The standard InChI is InChI=1S/C22H25ClN2/c1-3-5-15-25-20(4-2)16-21(17-9-7-6-8-10-17)24-22(25)18-11-13-19(23)14-12-18/h6-14,16,22H,3-5,15H2,1-2H3. The van der Waals surface area contributed by atoms with Gasteiger partial charge < -0.3 is 4.90 Å². The summed E-state index contributed by atoms with van der Waals surface area (Å²) in [6.45, 7) is 5.47. The summed E-state index contributed by atoms with van der Waals surface area (Å²) in [7, 11) is 0. The molecule has 3 rings (SSSR count). The van der Waals surface area contributed by atoms with Crippen molar-refractivity contribution < 1.29 is 0 Å². The van der Waals surface area contributed by atoms with Crippen molar-refractivity contribution in [1.82, 2.24) is 4.90 Å². The lowest BCUT2D eigenvalue weighted by molar-refractivity contribution is 0.248. The molecule has 2 aromatic rings. The number of hydrogen-bond donors (Lipinski definition) is 0. The van der Waals surface area contributed by atoms with Crippen LogP contribution in [0, 0.1) is 0 Å². The summed E-state index contributed by atoms with van der Waals surface area (Å²) in [6.07, 6.45) is 5.60. The smallest absolute Gasteiger partial charge is 0.147 e. The maximum atomic E-state index is 6.09. The zero-order valence-corrected chi connectivity index (χ0v) is 15.7. The van der Waals surface area contributed by atoms with Crippen LogP contribution in [0.25, 0.3) is 0 Å². The Hall–Kier alpha value is -2.06. The first-order chi connectivity index (χ1) is 12.2. The quantitative estimate of drug-likeness (QED) is 0.601. The average Bonchev–Trinajstić information content (AvgIpc) is 2.67. The minimum Gasteiger partial charge on any atom is -0.349 e. The lowest BCUT2D eigenvalue weighted by Gasteiger charge is -2.36. The van der Waals surface area contributed by atoms with E-state index in [4.69, 9.17) is 16.6 Å². The van der Waals surface area contributed by atoms with Gasteiger partial charge in [0.2, 0.25) is 0 Å². The highest BCUT2D eigenvalue weighted by Crippen LogP contribution is 2.33. The molecule has 1 heterocycles. The normalized spacial score (nSPS) is 17.2. The summed E-state index contributed by atoms with van der Waals surface area (Å²) in [5.74, 6) is 0. The largest absolute Gasteiger partial charge is 0.349 e. The van der Waals surface area contributed by atoms with Gasteiger partial charge in [-0.1, -0.05) is 74.3 Å². The minimum absolute atomic E-state index is 0.0129. The van der Waals surface area contributed by atoms with E-state index < -0.39 is 0 Å². The molecular weight excluding hydrogens is 328 g/mol. The number of nitrogens with zero attached hydrogens (tertiary/aromatic N) is 2. The number of rotatable bonds is 6. The maximum Gasteiger partial charge on any atom is 0.147 e. The summed E-state index contributed by atoms with van der Waals surface area (Å²) in [5, 5.41) is 0.762. The first kappa shape index (κ1) is 17.8. The molecular formula is C22H25ClN2. The van der Waals surface area contributed by atoms with Crippen molar-refractivity contribution in [3.8, 4) is 0 Å². The van der Waals surface area contributed by atoms with Crippen LogP contribution in [0.5, 0.6) is 0 Å². The monoisotopic (exact) mass is 352 g/mol. The summed E-state index contributed by atoms with van der Waals surface area (Å²) in [4.78, 5) is 7.55. The lowest BCUT2D eigenvalue weighted by atomic mass is 10.0. The van der Waals surface area contributed by atoms with Gasteiger partial charge in [-0.05, 0) is 42.2 Å². The molecule has 25 heavy (non-hydrogen) atoms. The van der Waals surface area contributed by atoms with Gasteiger partial charge in [-0.25, -0.2) is 0 Å². The number of hydrogen-bond acceptors (Lipinski definition) is 2. The van der Waals surface area contributed by atoms with Crippen LogP contribution in [0.15, 0.2) is 71.4 Å². The molecule has 0 N–H and O–H groups in total. The second-order valence-electron chi connectivity index (χ2n) is 6.34. The molecule has 3 heteroatoms. The van der Waals surface area contributed by atoms with Gasteiger partial charge in [0.15, 0.2) is 0 Å². The van der Waals surface area contributed by atoms with Gasteiger partial charge in [-0.2, -0.15) is 0 Å². The fourth-order valence-corrected chi connectivity index (χ4v) is 3.32. The maximum absolute atomic E-state index is 6.09. The van der Waals surface area contributed by atoms with Crippen molar-refractivity contribution in [3.05, 3.63) is 82.5 Å². The molecule has 0 saturated carbocycles. The van der Waals surface area contributed by atoms with Crippen LogP contribution in [0.4, 0.5) is 0 Å². The number of benzene rings is 2. The Labute approximate surface area is 155 Å². The van der Waals surface area contributed by atoms with E-state index in [1.807, 2.05) is 18.2 Å². The van der Waals surface area contributed by atoms with E-state index in [1.54, 1.807) is 0 Å². The van der Waals surface area contributed by atoms with Gasteiger partial charge in [0, 0.05) is 17.3 Å². The van der Waals surface area contributed by atoms with Gasteiger partial charge in [0.1, 0.15) is 6.17 Å². The molecule has 1 atom stereocenters. The Balaban J connectivity index is 2.03. The molecule has 1 unspecified atom stereocenters. The Morgan fingerprint density at radius 2 is 1.72 bits per heavy atom. The van der Waals surface area contributed by atoms with Crippen molar-refractivity contribution >= 4 is 17.3 Å². The molecule has 1 aliphatic heterocycles. The molecule has 0 fully saturated rings. The Morgan fingerprint density at radius 1 is 1.00 bits per heavy atom. The summed E-state index contributed by atoms with van der Waals surface area (Å²) < 4.78 is 0. The fourth-order valence-electron chi connectivity index (χ4n) is 3.19. The lowest BCUT2D eigenvalue weighted by Crippen LogP contribution is -2.32. The predicted molar refractivity (Wildman–Crippen MR) is 107 cm³/mol. The molecule has 0 aromatic heterocycles. The zero-order chi connectivity index (χ0) is 17.6. The first-order valence-corrected chi connectivity index (χ1v) is 9.46. The molecule has 0 spiro atoms. The molecule has 0 amide bonds. The predicted octanol–water partition coefficient (Wildman–Crippen LogP) is 6.24. The molecule has 0 bridgehead atoms. The van der Waals surface area contributed by atoms with Crippen molar-refractivity contribution in [3.63, 3.8) is 0 Å². The van der Waals surface area contributed by atoms with Crippen molar-refractivity contribution in [2.24, 2.45) is 4.99 Å². The number of aliphatic imine (C=N–C) groups is 1. The van der Waals surface area contributed by atoms with Crippen molar-refractivity contribution in [1.29, 1.82) is 0 Å². The highest BCUT2D eigenvalue weighted by atomic mass is 35.5. The fraction of sp³-hybridized carbons (Fsp3) is 0.318. The number of allylic oxidation sites excluding steroid dienone is 2. The van der Waals surface area contributed by atoms with E-state index in [0.717, 1.165) is 30.1 Å². The molecule has 2 nitrogen and oxygen atoms in total. The third-order valence-corrected chi connectivity index (χ3v) is 4.83. The van der Waals surface area contributed by atoms with Gasteiger partial charge in [0.05, 0.1) is 5.71 Å². The average molecular weight is 353 g/mol. The van der Waals surface area contributed by atoms with E-state index >= 15 is 0 Å². The molecule has 2 aromatic carbocycles. The van der Waals surface area contributed by atoms with Crippen LogP contribution in [0.2, 0.25) is 5.02 Å². The Kier molecular flexibility index (Phi) is 5.93. The zero-order valence-electron chi connectivity index (χ0n) is 15.0. The van der Waals surface area contributed by atoms with E-state index in [0.29, 0.717) is 0 Å². The Bertz CT molecular complexity index is 747. The number of unbranched alkanes of at least 4 members (excludes halogenated alkanes) is 1. The Morgan fingerprint density at radius 3 is 2.36 bits per heavy atom. The van der Waals surface area contributed by atoms with Crippen LogP contribution in [-0.2, 0) is 0 Å². The van der Waals surface area contributed by atoms with Crippen molar-refractivity contribution in [2.45, 2.75) is 39.3 Å². The van der Waals surface area contributed by atoms with Crippen LogP contribution < -0.4 is 0 Å². The van der Waals surface area contributed by atoms with Gasteiger partial charge in [-0.3, -0.25) is 4.99 Å². The molecule has 130 valence electrons. The highest BCUT2D eigenvalue weighted by Gasteiger charge is 2.25. The van der Waals surface area contributed by atoms with Gasteiger partial charge in [-0.15, -0.1) is 0 Å². The highest BCUT2D eigenvalue weighted by molar-refractivity contribution is 6.30. The molecule has 1 aliphatic rings. The molecule has 0 aliphatic carbocycles. The van der Waals surface area contributed by atoms with E-state index in [9.17, 15) is 0 Å². The third kappa shape index (κ3) is 4.13. The molecule has 0 radical (unpaired) electrons. The SMILES string of the molecule is CCCCN1C(CC)=CC(c2ccccc2)=NC1c1ccc(Cl)cc1. The first-order valence-electron chi connectivity index (χ1n) is 9.08. The van der Waals surface area contributed by atoms with Crippen LogP contribution in [0.1, 0.15) is 50.4 Å². The summed E-state index contributed by atoms with van der Waals surface area (Å²) >= 11 is 6.09. The summed E-state index contributed by atoms with van der Waals surface area (Å²) in [6, 6.07) is 18.5. The van der Waals surface area contributed by atoms with Gasteiger partial charge in [0.25, 0.3) is 0 Å². The van der Waals surface area contributed by atoms with Crippen molar-refractivity contribution in [2.75, 3.05) is 6.54 Å². The molecule has 0 saturated heterocycles. The van der Waals surface area contributed by atoms with Gasteiger partial charge >= 0.3 is 0 Å². The van der Waals surface area contributed by atoms with Crippen LogP contribution in [-0.4, -0.2) is 17.2 Å². The van der Waals surface area contributed by atoms with E-state index in [1.165, 1.54) is 23.2 Å². The third-order valence-electron chi connectivity index (χ3n) is 4.58. The van der Waals surface area contributed by atoms with E-state index in [-0.39, 0.29) is 6.17 Å². The number of halogens is 1. The van der Waals surface area contributed by atoms with Crippen LogP contribution >= 0.6 is 11.6 Å². The van der Waals surface area contributed by atoms with E-state index in [2.05, 4.69) is 61.2 Å². The van der Waals surface area contributed by atoms with Crippen LogP contribution in [0.3, 0.4) is 0 Å². The second-order valence-corrected chi connectivity index (χ2v) is 6.78. The minimum atomic E-state index is 0.0129.